The molecule has 96 valence electrons. The Kier molecular flexibility index (Phi) is 4.69. The molecule has 5 nitrogen and oxygen atoms in total. The lowest BCUT2D eigenvalue weighted by Crippen LogP contribution is -2.26. The van der Waals surface area contributed by atoms with Crippen LogP contribution in [0.4, 0.5) is 0 Å². The first-order valence-corrected chi connectivity index (χ1v) is 5.81. The molecule has 1 N–H and O–H groups in total. The van der Waals surface area contributed by atoms with Gasteiger partial charge in [0.15, 0.2) is 0 Å². The zero-order valence-corrected chi connectivity index (χ0v) is 11.2. The minimum Gasteiger partial charge on any atom is -0.462 e. The third-order valence-electron chi connectivity index (χ3n) is 2.60. The van der Waals surface area contributed by atoms with E-state index in [2.05, 4.69) is 10.4 Å². The Morgan fingerprint density at radius 2 is 2.12 bits per heavy atom. The molecule has 0 atom stereocenters. The predicted molar refractivity (Wildman–Crippen MR) is 65.6 cm³/mol. The smallest absolute Gasteiger partial charge is 0.320 e. The van der Waals surface area contributed by atoms with E-state index in [1.807, 2.05) is 39.4 Å². The molecular formula is C12H21N3O2. The molecule has 0 bridgehead atoms. The number of aromatic nitrogens is 2. The van der Waals surface area contributed by atoms with Crippen LogP contribution in [0.25, 0.3) is 0 Å². The summed E-state index contributed by atoms with van der Waals surface area (Å²) in [6.07, 6.45) is -0.0637. The Labute approximate surface area is 102 Å². The van der Waals surface area contributed by atoms with Crippen LogP contribution in [0.1, 0.15) is 30.8 Å². The number of rotatable bonds is 5. The maximum Gasteiger partial charge on any atom is 0.320 e. The summed E-state index contributed by atoms with van der Waals surface area (Å²) in [7, 11) is 1.92. The summed E-state index contributed by atoms with van der Waals surface area (Å²) in [5.74, 6) is -0.223. The fourth-order valence-corrected chi connectivity index (χ4v) is 1.67. The van der Waals surface area contributed by atoms with Crippen molar-refractivity contribution in [1.29, 1.82) is 0 Å². The molecule has 1 aromatic heterocycles. The highest BCUT2D eigenvalue weighted by Crippen LogP contribution is 2.10. The van der Waals surface area contributed by atoms with Gasteiger partial charge in [0.25, 0.3) is 0 Å². The van der Waals surface area contributed by atoms with Gasteiger partial charge in [-0.3, -0.25) is 9.48 Å². The van der Waals surface area contributed by atoms with E-state index >= 15 is 0 Å². The standard InChI is InChI=1S/C12H21N3O2/c1-8(2)17-12(16)7-13-6-11-9(3)14-15(5)10(11)4/h8,13H,6-7H2,1-5H3. The van der Waals surface area contributed by atoms with Crippen LogP contribution in [0.2, 0.25) is 0 Å². The second-order valence-electron chi connectivity index (χ2n) is 4.42. The second-order valence-corrected chi connectivity index (χ2v) is 4.42. The molecule has 0 radical (unpaired) electrons. The topological polar surface area (TPSA) is 56.2 Å². The first-order valence-electron chi connectivity index (χ1n) is 5.81. The quantitative estimate of drug-likeness (QED) is 0.781. The summed E-state index contributed by atoms with van der Waals surface area (Å²) in [6, 6.07) is 0. The highest BCUT2D eigenvalue weighted by molar-refractivity contribution is 5.71. The van der Waals surface area contributed by atoms with Gasteiger partial charge < -0.3 is 10.1 Å². The van der Waals surface area contributed by atoms with Gasteiger partial charge in [0.1, 0.15) is 0 Å². The van der Waals surface area contributed by atoms with Crippen molar-refractivity contribution in [2.45, 2.75) is 40.3 Å². The van der Waals surface area contributed by atoms with E-state index in [-0.39, 0.29) is 18.6 Å². The number of nitrogens with one attached hydrogen (secondary N) is 1. The molecule has 0 amide bonds. The molecule has 17 heavy (non-hydrogen) atoms. The average Bonchev–Trinajstić information content (AvgIpc) is 2.43. The number of hydrogen-bond donors (Lipinski definition) is 1. The Bertz CT molecular complexity index is 397. The van der Waals surface area contributed by atoms with Crippen LogP contribution in [0.5, 0.6) is 0 Å². The van der Waals surface area contributed by atoms with Crippen molar-refractivity contribution in [2.24, 2.45) is 7.05 Å². The average molecular weight is 239 g/mol. The molecule has 0 saturated carbocycles. The van der Waals surface area contributed by atoms with Crippen molar-refractivity contribution in [3.05, 3.63) is 17.0 Å². The first-order chi connectivity index (χ1) is 7.91. The molecule has 0 saturated heterocycles. The summed E-state index contributed by atoms with van der Waals surface area (Å²) in [6.45, 7) is 8.53. The van der Waals surface area contributed by atoms with Crippen molar-refractivity contribution in [1.82, 2.24) is 15.1 Å². The normalized spacial score (nSPS) is 10.9. The molecule has 1 heterocycles. The molecule has 1 aromatic rings. The van der Waals surface area contributed by atoms with E-state index < -0.39 is 0 Å². The van der Waals surface area contributed by atoms with Crippen LogP contribution < -0.4 is 5.32 Å². The van der Waals surface area contributed by atoms with Gasteiger partial charge in [-0.25, -0.2) is 0 Å². The summed E-state index contributed by atoms with van der Waals surface area (Å²) < 4.78 is 6.88. The zero-order valence-electron chi connectivity index (χ0n) is 11.2. The lowest BCUT2D eigenvalue weighted by atomic mass is 10.2. The van der Waals surface area contributed by atoms with Gasteiger partial charge >= 0.3 is 5.97 Å². The fraction of sp³-hybridized carbons (Fsp3) is 0.667. The second kappa shape index (κ2) is 5.82. The van der Waals surface area contributed by atoms with Crippen LogP contribution in [0.15, 0.2) is 0 Å². The Morgan fingerprint density at radius 3 is 2.59 bits per heavy atom. The molecule has 0 aliphatic rings. The number of nitrogens with zero attached hydrogens (tertiary/aromatic N) is 2. The molecule has 0 spiro atoms. The Morgan fingerprint density at radius 1 is 1.47 bits per heavy atom. The van der Waals surface area contributed by atoms with Gasteiger partial charge in [0.2, 0.25) is 0 Å². The van der Waals surface area contributed by atoms with Crippen molar-refractivity contribution >= 4 is 5.97 Å². The monoisotopic (exact) mass is 239 g/mol. The number of ether oxygens (including phenoxy) is 1. The molecule has 0 aromatic carbocycles. The highest BCUT2D eigenvalue weighted by atomic mass is 16.5. The molecule has 5 heteroatoms. The molecular weight excluding hydrogens is 218 g/mol. The largest absolute Gasteiger partial charge is 0.462 e. The lowest BCUT2D eigenvalue weighted by Gasteiger charge is -2.08. The molecule has 0 aliphatic carbocycles. The molecule has 0 unspecified atom stereocenters. The summed E-state index contributed by atoms with van der Waals surface area (Å²) in [5, 5.41) is 7.39. The van der Waals surface area contributed by atoms with Gasteiger partial charge in [-0.15, -0.1) is 0 Å². The third-order valence-corrected chi connectivity index (χ3v) is 2.60. The van der Waals surface area contributed by atoms with E-state index in [0.29, 0.717) is 6.54 Å². The van der Waals surface area contributed by atoms with Crippen LogP contribution >= 0.6 is 0 Å². The first kappa shape index (κ1) is 13.7. The number of carbonyl (C=O) groups is 1. The Hall–Kier alpha value is -1.36. The maximum absolute atomic E-state index is 11.3. The van der Waals surface area contributed by atoms with Gasteiger partial charge in [0, 0.05) is 24.8 Å². The number of aryl methyl sites for hydroxylation is 2. The van der Waals surface area contributed by atoms with E-state index in [0.717, 1.165) is 17.0 Å². The molecule has 1 rings (SSSR count). The minimum absolute atomic E-state index is 0.0637. The highest BCUT2D eigenvalue weighted by Gasteiger charge is 2.10. The van der Waals surface area contributed by atoms with Gasteiger partial charge in [-0.2, -0.15) is 5.10 Å². The van der Waals surface area contributed by atoms with Crippen molar-refractivity contribution < 1.29 is 9.53 Å². The van der Waals surface area contributed by atoms with Gasteiger partial charge in [-0.05, 0) is 27.7 Å². The van der Waals surface area contributed by atoms with Crippen LogP contribution in [-0.2, 0) is 23.1 Å². The van der Waals surface area contributed by atoms with E-state index in [1.54, 1.807) is 0 Å². The van der Waals surface area contributed by atoms with E-state index in [1.165, 1.54) is 0 Å². The summed E-state index contributed by atoms with van der Waals surface area (Å²) in [5.41, 5.74) is 3.26. The number of esters is 1. The maximum atomic E-state index is 11.3. The minimum atomic E-state index is -0.223. The van der Waals surface area contributed by atoms with Gasteiger partial charge in [-0.1, -0.05) is 0 Å². The van der Waals surface area contributed by atoms with Crippen molar-refractivity contribution in [3.8, 4) is 0 Å². The zero-order chi connectivity index (χ0) is 13.0. The third kappa shape index (κ3) is 3.85. The molecule has 0 fully saturated rings. The fourth-order valence-electron chi connectivity index (χ4n) is 1.67. The SMILES string of the molecule is Cc1nn(C)c(C)c1CNCC(=O)OC(C)C. The van der Waals surface area contributed by atoms with E-state index in [9.17, 15) is 4.79 Å². The van der Waals surface area contributed by atoms with Crippen molar-refractivity contribution in [3.63, 3.8) is 0 Å². The number of carbonyl (C=O) groups excluding carboxylic acids is 1. The lowest BCUT2D eigenvalue weighted by molar-refractivity contribution is -0.146. The van der Waals surface area contributed by atoms with Gasteiger partial charge in [0.05, 0.1) is 18.3 Å². The van der Waals surface area contributed by atoms with Crippen LogP contribution in [0, 0.1) is 13.8 Å². The summed E-state index contributed by atoms with van der Waals surface area (Å²) >= 11 is 0. The summed E-state index contributed by atoms with van der Waals surface area (Å²) in [4.78, 5) is 11.3. The Balaban J connectivity index is 2.43. The van der Waals surface area contributed by atoms with Crippen LogP contribution in [-0.4, -0.2) is 28.4 Å². The van der Waals surface area contributed by atoms with Crippen LogP contribution in [0.3, 0.4) is 0 Å². The van der Waals surface area contributed by atoms with E-state index in [4.69, 9.17) is 4.74 Å². The molecule has 0 aliphatic heterocycles. The predicted octanol–water partition coefficient (Wildman–Crippen LogP) is 1.08. The van der Waals surface area contributed by atoms with Crippen molar-refractivity contribution in [2.75, 3.05) is 6.54 Å². The number of hydrogen-bond acceptors (Lipinski definition) is 4.